The zero-order valence-corrected chi connectivity index (χ0v) is 11.6. The maximum atomic E-state index is 5.67. The first-order chi connectivity index (χ1) is 8.74. The van der Waals surface area contributed by atoms with Gasteiger partial charge >= 0.3 is 0 Å². The van der Waals surface area contributed by atoms with Gasteiger partial charge in [0.2, 0.25) is 5.88 Å². The highest BCUT2D eigenvalue weighted by molar-refractivity contribution is 5.22. The van der Waals surface area contributed by atoms with E-state index in [0.717, 1.165) is 18.7 Å². The summed E-state index contributed by atoms with van der Waals surface area (Å²) in [5.41, 5.74) is 0.800. The molecule has 0 aliphatic heterocycles. The van der Waals surface area contributed by atoms with Crippen LogP contribution in [0.2, 0.25) is 0 Å². The highest BCUT2D eigenvalue weighted by Crippen LogP contribution is 2.24. The molecule has 0 saturated heterocycles. The van der Waals surface area contributed by atoms with E-state index in [1.54, 1.807) is 19.5 Å². The molecule has 1 aromatic heterocycles. The second-order valence-electron chi connectivity index (χ2n) is 4.04. The molecule has 0 aliphatic carbocycles. The second-order valence-corrected chi connectivity index (χ2v) is 4.04. The van der Waals surface area contributed by atoms with Gasteiger partial charge in [0.15, 0.2) is 0 Å². The smallest absolute Gasteiger partial charge is 0.237 e. The van der Waals surface area contributed by atoms with Crippen LogP contribution in [0, 0.1) is 0 Å². The first-order valence-electron chi connectivity index (χ1n) is 6.44. The molecule has 1 aromatic rings. The highest BCUT2D eigenvalue weighted by atomic mass is 16.5. The predicted octanol–water partition coefficient (Wildman–Crippen LogP) is 1.95. The molecule has 0 aromatic carbocycles. The van der Waals surface area contributed by atoms with Gasteiger partial charge in [-0.05, 0) is 26.8 Å². The molecule has 2 atom stereocenters. The van der Waals surface area contributed by atoms with Gasteiger partial charge in [-0.2, -0.15) is 0 Å². The van der Waals surface area contributed by atoms with Gasteiger partial charge in [0.1, 0.15) is 5.69 Å². The molecule has 0 spiro atoms. The van der Waals surface area contributed by atoms with Crippen LogP contribution in [0.3, 0.4) is 0 Å². The first-order valence-corrected chi connectivity index (χ1v) is 6.44. The number of nitrogens with zero attached hydrogens (tertiary/aromatic N) is 2. The molecule has 0 bridgehead atoms. The van der Waals surface area contributed by atoms with Crippen molar-refractivity contribution in [3.8, 4) is 5.88 Å². The Morgan fingerprint density at radius 2 is 2.00 bits per heavy atom. The van der Waals surface area contributed by atoms with Crippen LogP contribution in [0.25, 0.3) is 0 Å². The van der Waals surface area contributed by atoms with E-state index in [-0.39, 0.29) is 12.1 Å². The Bertz CT molecular complexity index is 347. The van der Waals surface area contributed by atoms with Crippen molar-refractivity contribution in [2.75, 3.05) is 20.3 Å². The van der Waals surface area contributed by atoms with Crippen LogP contribution in [0.15, 0.2) is 12.4 Å². The third kappa shape index (κ3) is 3.92. The number of hydrogen-bond donors (Lipinski definition) is 1. The second kappa shape index (κ2) is 8.00. The molecule has 2 unspecified atom stereocenters. The minimum atomic E-state index is -0.00597. The van der Waals surface area contributed by atoms with Crippen LogP contribution in [0.1, 0.15) is 38.9 Å². The van der Waals surface area contributed by atoms with Crippen molar-refractivity contribution in [1.29, 1.82) is 0 Å². The molecule has 1 heterocycles. The largest absolute Gasteiger partial charge is 0.480 e. The SMILES string of the molecule is CCCNC(c1nccnc1OC)C(C)OCC. The lowest BCUT2D eigenvalue weighted by Gasteiger charge is -2.25. The van der Waals surface area contributed by atoms with Crippen molar-refractivity contribution in [2.45, 2.75) is 39.3 Å². The van der Waals surface area contributed by atoms with Gasteiger partial charge in [0, 0.05) is 19.0 Å². The van der Waals surface area contributed by atoms with Crippen LogP contribution in [-0.2, 0) is 4.74 Å². The van der Waals surface area contributed by atoms with Gasteiger partial charge in [-0.3, -0.25) is 4.98 Å². The summed E-state index contributed by atoms with van der Waals surface area (Å²) in [6.07, 6.45) is 4.38. The lowest BCUT2D eigenvalue weighted by atomic mass is 10.1. The Labute approximate surface area is 109 Å². The molecule has 5 heteroatoms. The van der Waals surface area contributed by atoms with E-state index in [9.17, 15) is 0 Å². The van der Waals surface area contributed by atoms with Crippen molar-refractivity contribution >= 4 is 0 Å². The normalized spacial score (nSPS) is 14.2. The number of aromatic nitrogens is 2. The van der Waals surface area contributed by atoms with Gasteiger partial charge in [-0.15, -0.1) is 0 Å². The van der Waals surface area contributed by atoms with Crippen molar-refractivity contribution in [3.05, 3.63) is 18.1 Å². The summed E-state index contributed by atoms with van der Waals surface area (Å²) >= 11 is 0. The van der Waals surface area contributed by atoms with Gasteiger partial charge in [-0.25, -0.2) is 4.98 Å². The molecule has 0 amide bonds. The summed E-state index contributed by atoms with van der Waals surface area (Å²) in [5, 5.41) is 3.44. The van der Waals surface area contributed by atoms with Crippen molar-refractivity contribution in [2.24, 2.45) is 0 Å². The number of ether oxygens (including phenoxy) is 2. The Hall–Kier alpha value is -1.20. The van der Waals surface area contributed by atoms with Crippen molar-refractivity contribution < 1.29 is 9.47 Å². The number of nitrogens with one attached hydrogen (secondary N) is 1. The van der Waals surface area contributed by atoms with Gasteiger partial charge in [0.25, 0.3) is 0 Å². The fourth-order valence-corrected chi connectivity index (χ4v) is 1.85. The Kier molecular flexibility index (Phi) is 6.60. The van der Waals surface area contributed by atoms with Crippen LogP contribution in [0.5, 0.6) is 5.88 Å². The third-order valence-electron chi connectivity index (χ3n) is 2.69. The van der Waals surface area contributed by atoms with Gasteiger partial charge < -0.3 is 14.8 Å². The van der Waals surface area contributed by atoms with E-state index in [1.165, 1.54) is 0 Å². The fourth-order valence-electron chi connectivity index (χ4n) is 1.85. The molecule has 5 nitrogen and oxygen atoms in total. The van der Waals surface area contributed by atoms with E-state index >= 15 is 0 Å². The summed E-state index contributed by atoms with van der Waals surface area (Å²) in [6, 6.07) is -0.00597. The monoisotopic (exact) mass is 253 g/mol. The number of rotatable bonds is 8. The standard InChI is InChI=1S/C13H23N3O2/c1-5-7-14-11(10(3)18-6-2)12-13(17-4)16-9-8-15-12/h8-11,14H,5-7H2,1-4H3. The van der Waals surface area contributed by atoms with Gasteiger partial charge in [0.05, 0.1) is 19.3 Å². The summed E-state index contributed by atoms with van der Waals surface area (Å²) in [7, 11) is 1.61. The zero-order valence-electron chi connectivity index (χ0n) is 11.6. The number of methoxy groups -OCH3 is 1. The highest BCUT2D eigenvalue weighted by Gasteiger charge is 2.24. The van der Waals surface area contributed by atoms with E-state index < -0.39 is 0 Å². The molecule has 1 N–H and O–H groups in total. The minimum Gasteiger partial charge on any atom is -0.480 e. The van der Waals surface area contributed by atoms with E-state index in [0.29, 0.717) is 12.5 Å². The van der Waals surface area contributed by atoms with Crippen LogP contribution < -0.4 is 10.1 Å². The third-order valence-corrected chi connectivity index (χ3v) is 2.69. The van der Waals surface area contributed by atoms with Crippen LogP contribution >= 0.6 is 0 Å². The quantitative estimate of drug-likeness (QED) is 0.767. The van der Waals surface area contributed by atoms with E-state index in [2.05, 4.69) is 22.2 Å². The Morgan fingerprint density at radius 3 is 2.61 bits per heavy atom. The molecule has 1 rings (SSSR count). The minimum absolute atomic E-state index is 0.00597. The summed E-state index contributed by atoms with van der Waals surface area (Å²) in [4.78, 5) is 8.56. The van der Waals surface area contributed by atoms with Crippen LogP contribution in [0.4, 0.5) is 0 Å². The lowest BCUT2D eigenvalue weighted by molar-refractivity contribution is 0.0452. The fraction of sp³-hybridized carbons (Fsp3) is 0.692. The maximum absolute atomic E-state index is 5.67. The van der Waals surface area contributed by atoms with E-state index in [1.807, 2.05) is 13.8 Å². The topological polar surface area (TPSA) is 56.3 Å². The molecule has 0 saturated carbocycles. The molecular weight excluding hydrogens is 230 g/mol. The molecule has 102 valence electrons. The zero-order chi connectivity index (χ0) is 13.4. The summed E-state index contributed by atoms with van der Waals surface area (Å²) in [5.74, 6) is 0.553. The summed E-state index contributed by atoms with van der Waals surface area (Å²) in [6.45, 7) is 7.73. The molecular formula is C13H23N3O2. The average molecular weight is 253 g/mol. The predicted molar refractivity (Wildman–Crippen MR) is 70.7 cm³/mol. The molecule has 18 heavy (non-hydrogen) atoms. The average Bonchev–Trinajstić information content (AvgIpc) is 2.40. The maximum Gasteiger partial charge on any atom is 0.237 e. The van der Waals surface area contributed by atoms with Crippen molar-refractivity contribution in [3.63, 3.8) is 0 Å². The lowest BCUT2D eigenvalue weighted by Crippen LogP contribution is -2.33. The Balaban J connectivity index is 2.92. The van der Waals surface area contributed by atoms with Gasteiger partial charge in [-0.1, -0.05) is 6.92 Å². The number of hydrogen-bond acceptors (Lipinski definition) is 5. The molecule has 0 aliphatic rings. The van der Waals surface area contributed by atoms with Crippen LogP contribution in [-0.4, -0.2) is 36.3 Å². The molecule has 0 radical (unpaired) electrons. The summed E-state index contributed by atoms with van der Waals surface area (Å²) < 4.78 is 10.9. The first kappa shape index (κ1) is 14.9. The van der Waals surface area contributed by atoms with E-state index in [4.69, 9.17) is 9.47 Å². The Morgan fingerprint density at radius 1 is 1.28 bits per heavy atom. The van der Waals surface area contributed by atoms with Crippen molar-refractivity contribution in [1.82, 2.24) is 15.3 Å². The molecule has 0 fully saturated rings.